The van der Waals surface area contributed by atoms with E-state index >= 15 is 0 Å². The highest BCUT2D eigenvalue weighted by molar-refractivity contribution is 5.99. The molecule has 0 unspecified atom stereocenters. The van der Waals surface area contributed by atoms with Crippen LogP contribution in [0.25, 0.3) is 10.9 Å². The Morgan fingerprint density at radius 1 is 0.727 bits per heavy atom. The van der Waals surface area contributed by atoms with Crippen LogP contribution in [-0.2, 0) is 0 Å². The van der Waals surface area contributed by atoms with E-state index in [9.17, 15) is 9.59 Å². The molecule has 1 aromatic heterocycles. The van der Waals surface area contributed by atoms with Gasteiger partial charge in [0.2, 0.25) is 0 Å². The predicted octanol–water partition coefficient (Wildman–Crippen LogP) is 2.31. The third kappa shape index (κ3) is 2.93. The van der Waals surface area contributed by atoms with Crippen LogP contribution in [0.15, 0.2) is 66.7 Å². The van der Waals surface area contributed by atoms with Gasteiger partial charge in [-0.25, -0.2) is 4.98 Å². The van der Waals surface area contributed by atoms with E-state index in [2.05, 4.69) is 15.8 Å². The average molecular weight is 291 g/mol. The highest BCUT2D eigenvalue weighted by Gasteiger charge is 2.10. The lowest BCUT2D eigenvalue weighted by molar-refractivity contribution is 0.0844. The second-order valence-electron chi connectivity index (χ2n) is 4.66. The molecule has 0 bridgehead atoms. The van der Waals surface area contributed by atoms with Crippen molar-refractivity contribution in [3.8, 4) is 0 Å². The number of rotatable bonds is 2. The van der Waals surface area contributed by atoms with Crippen molar-refractivity contribution < 1.29 is 9.59 Å². The van der Waals surface area contributed by atoms with Crippen LogP contribution in [0, 0.1) is 0 Å². The molecule has 5 nitrogen and oxygen atoms in total. The van der Waals surface area contributed by atoms with E-state index < -0.39 is 5.91 Å². The van der Waals surface area contributed by atoms with Gasteiger partial charge in [0.1, 0.15) is 5.69 Å². The average Bonchev–Trinajstić information content (AvgIpc) is 2.59. The van der Waals surface area contributed by atoms with Gasteiger partial charge in [0, 0.05) is 10.9 Å². The molecule has 0 spiro atoms. The van der Waals surface area contributed by atoms with Gasteiger partial charge >= 0.3 is 0 Å². The number of hydrogen-bond donors (Lipinski definition) is 2. The van der Waals surface area contributed by atoms with Crippen LogP contribution >= 0.6 is 0 Å². The first-order valence-corrected chi connectivity index (χ1v) is 6.75. The molecule has 0 saturated carbocycles. The van der Waals surface area contributed by atoms with Gasteiger partial charge in [0.25, 0.3) is 11.8 Å². The zero-order valence-electron chi connectivity index (χ0n) is 11.6. The lowest BCUT2D eigenvalue weighted by Crippen LogP contribution is -2.41. The molecule has 22 heavy (non-hydrogen) atoms. The standard InChI is InChI=1S/C17H13N3O2/c21-16(13-7-2-1-3-8-13)19-20-17(22)15-11-10-12-6-4-5-9-14(12)18-15/h1-11H,(H,19,21)(H,20,22). The van der Waals surface area contributed by atoms with Crippen LogP contribution in [-0.4, -0.2) is 16.8 Å². The van der Waals surface area contributed by atoms with Crippen molar-refractivity contribution in [2.75, 3.05) is 0 Å². The SMILES string of the molecule is O=C(NNC(=O)c1ccc2ccccc2n1)c1ccccc1. The minimum atomic E-state index is -0.463. The molecule has 3 aromatic rings. The van der Waals surface area contributed by atoms with Crippen molar-refractivity contribution in [3.63, 3.8) is 0 Å². The van der Waals surface area contributed by atoms with Gasteiger partial charge in [-0.1, -0.05) is 42.5 Å². The molecule has 2 aromatic carbocycles. The van der Waals surface area contributed by atoms with Crippen LogP contribution in [0.1, 0.15) is 20.8 Å². The lowest BCUT2D eigenvalue weighted by Gasteiger charge is -2.07. The van der Waals surface area contributed by atoms with E-state index in [0.29, 0.717) is 5.56 Å². The van der Waals surface area contributed by atoms with Gasteiger partial charge in [0.15, 0.2) is 0 Å². The first-order valence-electron chi connectivity index (χ1n) is 6.75. The zero-order valence-corrected chi connectivity index (χ0v) is 11.6. The number of para-hydroxylation sites is 1. The molecule has 108 valence electrons. The number of nitrogens with one attached hydrogen (secondary N) is 2. The maximum atomic E-state index is 12.0. The number of hydrazine groups is 1. The summed E-state index contributed by atoms with van der Waals surface area (Å²) in [5.74, 6) is -0.843. The molecule has 2 N–H and O–H groups in total. The van der Waals surface area contributed by atoms with Gasteiger partial charge < -0.3 is 0 Å². The number of benzene rings is 2. The summed E-state index contributed by atoms with van der Waals surface area (Å²) >= 11 is 0. The van der Waals surface area contributed by atoms with Gasteiger partial charge in [-0.05, 0) is 24.3 Å². The van der Waals surface area contributed by atoms with E-state index in [4.69, 9.17) is 0 Å². The minimum absolute atomic E-state index is 0.243. The molecule has 3 rings (SSSR count). The number of carbonyl (C=O) groups is 2. The Hall–Kier alpha value is -3.21. The number of aromatic nitrogens is 1. The van der Waals surface area contributed by atoms with Crippen LogP contribution < -0.4 is 10.9 Å². The van der Waals surface area contributed by atoms with E-state index in [-0.39, 0.29) is 11.6 Å². The Balaban J connectivity index is 1.69. The number of pyridine rings is 1. The molecule has 1 heterocycles. The zero-order chi connectivity index (χ0) is 15.4. The molecular weight excluding hydrogens is 278 g/mol. The maximum Gasteiger partial charge on any atom is 0.288 e. The molecule has 0 fully saturated rings. The minimum Gasteiger partial charge on any atom is -0.267 e. The molecule has 5 heteroatoms. The van der Waals surface area contributed by atoms with Crippen molar-refractivity contribution in [2.45, 2.75) is 0 Å². The summed E-state index contributed by atoms with van der Waals surface area (Å²) in [5, 5.41) is 0.951. The Morgan fingerprint density at radius 3 is 2.23 bits per heavy atom. The Kier molecular flexibility index (Phi) is 3.78. The Bertz CT molecular complexity index is 831. The van der Waals surface area contributed by atoms with Crippen molar-refractivity contribution >= 4 is 22.7 Å². The summed E-state index contributed by atoms with van der Waals surface area (Å²) in [6, 6.07) is 19.6. The lowest BCUT2D eigenvalue weighted by atomic mass is 10.2. The normalized spacial score (nSPS) is 10.2. The molecule has 0 aliphatic carbocycles. The summed E-state index contributed by atoms with van der Waals surface area (Å²) in [5.41, 5.74) is 6.16. The van der Waals surface area contributed by atoms with Gasteiger partial charge in [-0.15, -0.1) is 0 Å². The van der Waals surface area contributed by atoms with E-state index in [1.54, 1.807) is 30.3 Å². The number of hydrogen-bond acceptors (Lipinski definition) is 3. The van der Waals surface area contributed by atoms with Gasteiger partial charge in [-0.2, -0.15) is 0 Å². The third-order valence-electron chi connectivity index (χ3n) is 3.16. The van der Waals surface area contributed by atoms with Gasteiger partial charge in [0.05, 0.1) is 5.52 Å². The smallest absolute Gasteiger partial charge is 0.267 e. The summed E-state index contributed by atoms with van der Waals surface area (Å²) in [6.45, 7) is 0. The van der Waals surface area contributed by atoms with Crippen molar-refractivity contribution in [3.05, 3.63) is 78.0 Å². The Morgan fingerprint density at radius 2 is 1.41 bits per heavy atom. The first-order chi connectivity index (χ1) is 10.7. The summed E-state index contributed by atoms with van der Waals surface area (Å²) < 4.78 is 0. The highest BCUT2D eigenvalue weighted by atomic mass is 16.2. The van der Waals surface area contributed by atoms with E-state index in [1.807, 2.05) is 36.4 Å². The quantitative estimate of drug-likeness (QED) is 0.712. The first kappa shape index (κ1) is 13.8. The molecule has 0 aliphatic heterocycles. The molecule has 0 aliphatic rings. The van der Waals surface area contributed by atoms with Gasteiger partial charge in [-0.3, -0.25) is 20.4 Å². The van der Waals surface area contributed by atoms with Crippen molar-refractivity contribution in [2.24, 2.45) is 0 Å². The molecule has 2 amide bonds. The number of nitrogens with zero attached hydrogens (tertiary/aromatic N) is 1. The second kappa shape index (κ2) is 6.05. The van der Waals surface area contributed by atoms with E-state index in [1.165, 1.54) is 0 Å². The number of amides is 2. The van der Waals surface area contributed by atoms with Crippen LogP contribution in [0.2, 0.25) is 0 Å². The summed E-state index contributed by atoms with van der Waals surface area (Å²) in [6.07, 6.45) is 0. The van der Waals surface area contributed by atoms with E-state index in [0.717, 1.165) is 10.9 Å². The molecule has 0 radical (unpaired) electrons. The maximum absolute atomic E-state index is 12.0. The summed E-state index contributed by atoms with van der Waals surface area (Å²) in [4.78, 5) is 28.1. The second-order valence-corrected chi connectivity index (χ2v) is 4.66. The Labute approximate surface area is 127 Å². The largest absolute Gasteiger partial charge is 0.288 e. The molecular formula is C17H13N3O2. The molecule has 0 atom stereocenters. The van der Waals surface area contributed by atoms with Crippen LogP contribution in [0.5, 0.6) is 0 Å². The van der Waals surface area contributed by atoms with Crippen molar-refractivity contribution in [1.82, 2.24) is 15.8 Å². The fourth-order valence-electron chi connectivity index (χ4n) is 2.03. The van der Waals surface area contributed by atoms with Crippen LogP contribution in [0.3, 0.4) is 0 Å². The predicted molar refractivity (Wildman–Crippen MR) is 83.1 cm³/mol. The van der Waals surface area contributed by atoms with Crippen molar-refractivity contribution in [1.29, 1.82) is 0 Å². The summed E-state index contributed by atoms with van der Waals surface area (Å²) in [7, 11) is 0. The fourth-order valence-corrected chi connectivity index (χ4v) is 2.03. The molecule has 0 saturated heterocycles. The fraction of sp³-hybridized carbons (Fsp3) is 0. The third-order valence-corrected chi connectivity index (χ3v) is 3.16. The topological polar surface area (TPSA) is 71.1 Å². The monoisotopic (exact) mass is 291 g/mol. The van der Waals surface area contributed by atoms with Crippen LogP contribution in [0.4, 0.5) is 0 Å². The highest BCUT2D eigenvalue weighted by Crippen LogP contribution is 2.11. The number of fused-ring (bicyclic) bond motifs is 1. The number of carbonyl (C=O) groups excluding carboxylic acids is 2.